The first kappa shape index (κ1) is 18.4. The predicted octanol–water partition coefficient (Wildman–Crippen LogP) is 4.54. The first-order valence-electron chi connectivity index (χ1n) is 8.98. The fourth-order valence-corrected chi connectivity index (χ4v) is 2.98. The first-order chi connectivity index (χ1) is 13.2. The van der Waals surface area contributed by atoms with Crippen molar-refractivity contribution in [3.05, 3.63) is 60.2 Å². The molecule has 0 fully saturated rings. The molecule has 5 heteroatoms. The molecule has 0 aliphatic heterocycles. The normalized spacial score (nSPS) is 10.3. The van der Waals surface area contributed by atoms with E-state index in [1.54, 1.807) is 7.11 Å². The molecule has 0 radical (unpaired) electrons. The van der Waals surface area contributed by atoms with Gasteiger partial charge in [-0.3, -0.25) is 0 Å². The van der Waals surface area contributed by atoms with Gasteiger partial charge in [0.1, 0.15) is 17.4 Å². The molecule has 0 saturated heterocycles. The van der Waals surface area contributed by atoms with Gasteiger partial charge in [0.25, 0.3) is 0 Å². The number of anilines is 1. The van der Waals surface area contributed by atoms with Crippen LogP contribution in [0.25, 0.3) is 22.6 Å². The zero-order chi connectivity index (χ0) is 19.2. The fourth-order valence-electron chi connectivity index (χ4n) is 2.98. The van der Waals surface area contributed by atoms with Crippen LogP contribution in [-0.4, -0.2) is 30.2 Å². The summed E-state index contributed by atoms with van der Waals surface area (Å²) in [5.41, 5.74) is 2.91. The summed E-state index contributed by atoms with van der Waals surface area (Å²) in [6.07, 6.45) is 0. The van der Waals surface area contributed by atoms with E-state index in [4.69, 9.17) is 14.7 Å². The van der Waals surface area contributed by atoms with Gasteiger partial charge in [0.05, 0.1) is 12.8 Å². The summed E-state index contributed by atoms with van der Waals surface area (Å²) in [5.74, 6) is 2.04. The summed E-state index contributed by atoms with van der Waals surface area (Å²) in [4.78, 5) is 11.6. The average Bonchev–Trinajstić information content (AvgIpc) is 2.74. The van der Waals surface area contributed by atoms with Gasteiger partial charge in [-0.05, 0) is 38.1 Å². The van der Waals surface area contributed by atoms with Gasteiger partial charge in [-0.2, -0.15) is 5.26 Å². The topological polar surface area (TPSA) is 62.0 Å². The van der Waals surface area contributed by atoms with Crippen LogP contribution in [0.3, 0.4) is 0 Å². The third-order valence-corrected chi connectivity index (χ3v) is 4.46. The number of benzene rings is 2. The molecular formula is C22H22N4O. The Kier molecular flexibility index (Phi) is 5.68. The van der Waals surface area contributed by atoms with E-state index in [-0.39, 0.29) is 0 Å². The highest BCUT2D eigenvalue weighted by Crippen LogP contribution is 2.31. The molecule has 27 heavy (non-hydrogen) atoms. The molecule has 0 saturated carbocycles. The number of hydrogen-bond donors (Lipinski definition) is 0. The number of hydrogen-bond acceptors (Lipinski definition) is 5. The number of ether oxygens (including phenoxy) is 1. The second-order valence-corrected chi connectivity index (χ2v) is 5.97. The van der Waals surface area contributed by atoms with E-state index in [2.05, 4.69) is 24.8 Å². The zero-order valence-electron chi connectivity index (χ0n) is 15.8. The fraction of sp³-hybridized carbons (Fsp3) is 0.227. The minimum atomic E-state index is 0.489. The maximum absolute atomic E-state index is 9.88. The van der Waals surface area contributed by atoms with Crippen molar-refractivity contribution < 1.29 is 4.74 Å². The molecule has 0 bridgehead atoms. The van der Waals surface area contributed by atoms with Crippen LogP contribution in [-0.2, 0) is 0 Å². The van der Waals surface area contributed by atoms with Crippen LogP contribution < -0.4 is 9.64 Å². The summed E-state index contributed by atoms with van der Waals surface area (Å²) in [6.45, 7) is 5.64. The molecule has 5 nitrogen and oxygen atoms in total. The lowest BCUT2D eigenvalue weighted by Crippen LogP contribution is -2.25. The van der Waals surface area contributed by atoms with Crippen molar-refractivity contribution in [3.63, 3.8) is 0 Å². The van der Waals surface area contributed by atoms with E-state index < -0.39 is 0 Å². The van der Waals surface area contributed by atoms with Crippen molar-refractivity contribution in [3.8, 4) is 34.5 Å². The van der Waals surface area contributed by atoms with E-state index in [0.29, 0.717) is 22.9 Å². The third-order valence-electron chi connectivity index (χ3n) is 4.46. The van der Waals surface area contributed by atoms with Gasteiger partial charge in [-0.1, -0.05) is 30.3 Å². The minimum Gasteiger partial charge on any atom is -0.497 e. The number of nitriles is 1. The zero-order valence-corrected chi connectivity index (χ0v) is 15.8. The molecule has 1 heterocycles. The lowest BCUT2D eigenvalue weighted by molar-refractivity contribution is 0.415. The van der Waals surface area contributed by atoms with Crippen molar-refractivity contribution in [2.24, 2.45) is 0 Å². The Balaban J connectivity index is 2.26. The molecule has 0 atom stereocenters. The Hall–Kier alpha value is -3.39. The maximum atomic E-state index is 9.88. The Morgan fingerprint density at radius 2 is 1.59 bits per heavy atom. The summed E-state index contributed by atoms with van der Waals surface area (Å²) >= 11 is 0. The largest absolute Gasteiger partial charge is 0.497 e. The van der Waals surface area contributed by atoms with E-state index in [1.807, 2.05) is 54.6 Å². The Bertz CT molecular complexity index is 943. The monoisotopic (exact) mass is 358 g/mol. The number of rotatable bonds is 6. The molecule has 3 rings (SSSR count). The van der Waals surface area contributed by atoms with Crippen molar-refractivity contribution in [1.82, 2.24) is 9.97 Å². The highest BCUT2D eigenvalue weighted by atomic mass is 16.5. The summed E-state index contributed by atoms with van der Waals surface area (Å²) in [6, 6.07) is 19.7. The molecule has 0 spiro atoms. The standard InChI is InChI=1S/C22H22N4O/c1-4-26(5-2)22-19(15-23)20(16-11-13-18(27-3)14-12-16)24-21(25-22)17-9-7-6-8-10-17/h6-14H,4-5H2,1-3H3. The van der Waals surface area contributed by atoms with Crippen molar-refractivity contribution in [2.45, 2.75) is 13.8 Å². The molecule has 0 amide bonds. The summed E-state index contributed by atoms with van der Waals surface area (Å²) in [5, 5.41) is 9.88. The third kappa shape index (κ3) is 3.75. The van der Waals surface area contributed by atoms with E-state index in [9.17, 15) is 5.26 Å². The van der Waals surface area contributed by atoms with Crippen LogP contribution in [0.4, 0.5) is 5.82 Å². The van der Waals surface area contributed by atoms with Gasteiger partial charge in [-0.25, -0.2) is 9.97 Å². The average molecular weight is 358 g/mol. The van der Waals surface area contributed by atoms with E-state index in [1.165, 1.54) is 0 Å². The van der Waals surface area contributed by atoms with E-state index in [0.717, 1.165) is 30.0 Å². The van der Waals surface area contributed by atoms with Crippen LogP contribution in [0.5, 0.6) is 5.75 Å². The van der Waals surface area contributed by atoms with Gasteiger partial charge in [0, 0.05) is 24.2 Å². The van der Waals surface area contributed by atoms with Crippen LogP contribution in [0, 0.1) is 11.3 Å². The van der Waals surface area contributed by atoms with Crippen molar-refractivity contribution in [1.29, 1.82) is 5.26 Å². The van der Waals surface area contributed by atoms with Gasteiger partial charge in [0.2, 0.25) is 0 Å². The van der Waals surface area contributed by atoms with Gasteiger partial charge in [-0.15, -0.1) is 0 Å². The SMILES string of the molecule is CCN(CC)c1nc(-c2ccccc2)nc(-c2ccc(OC)cc2)c1C#N. The number of aromatic nitrogens is 2. The van der Waals surface area contributed by atoms with Gasteiger partial charge in [0.15, 0.2) is 11.6 Å². The van der Waals surface area contributed by atoms with Crippen LogP contribution in [0.15, 0.2) is 54.6 Å². The molecule has 2 aromatic carbocycles. The van der Waals surface area contributed by atoms with Crippen LogP contribution >= 0.6 is 0 Å². The Labute approximate surface area is 159 Å². The van der Waals surface area contributed by atoms with Gasteiger partial charge < -0.3 is 9.64 Å². The Morgan fingerprint density at radius 1 is 0.926 bits per heavy atom. The van der Waals surface area contributed by atoms with Crippen molar-refractivity contribution >= 4 is 5.82 Å². The highest BCUT2D eigenvalue weighted by Gasteiger charge is 2.20. The molecule has 1 aromatic heterocycles. The summed E-state index contributed by atoms with van der Waals surface area (Å²) in [7, 11) is 1.63. The molecule has 0 aliphatic carbocycles. The first-order valence-corrected chi connectivity index (χ1v) is 8.98. The number of nitrogens with zero attached hydrogens (tertiary/aromatic N) is 4. The highest BCUT2D eigenvalue weighted by molar-refractivity contribution is 5.76. The lowest BCUT2D eigenvalue weighted by atomic mass is 10.1. The quantitative estimate of drug-likeness (QED) is 0.647. The molecule has 0 N–H and O–H groups in total. The van der Waals surface area contributed by atoms with Crippen LogP contribution in [0.2, 0.25) is 0 Å². The second kappa shape index (κ2) is 8.33. The smallest absolute Gasteiger partial charge is 0.162 e. The second-order valence-electron chi connectivity index (χ2n) is 5.97. The van der Waals surface area contributed by atoms with E-state index >= 15 is 0 Å². The van der Waals surface area contributed by atoms with Crippen LogP contribution in [0.1, 0.15) is 19.4 Å². The molecule has 3 aromatic rings. The molecule has 0 aliphatic rings. The van der Waals surface area contributed by atoms with Gasteiger partial charge >= 0.3 is 0 Å². The minimum absolute atomic E-state index is 0.489. The molecule has 136 valence electrons. The maximum Gasteiger partial charge on any atom is 0.162 e. The Morgan fingerprint density at radius 3 is 2.15 bits per heavy atom. The van der Waals surface area contributed by atoms with Crippen molar-refractivity contribution in [2.75, 3.05) is 25.1 Å². The number of methoxy groups -OCH3 is 1. The molecular weight excluding hydrogens is 336 g/mol. The molecule has 0 unspecified atom stereocenters. The summed E-state index contributed by atoms with van der Waals surface area (Å²) < 4.78 is 5.25. The predicted molar refractivity (Wildman–Crippen MR) is 108 cm³/mol. The lowest BCUT2D eigenvalue weighted by Gasteiger charge is -2.22.